The van der Waals surface area contributed by atoms with E-state index >= 15 is 0 Å². The molecule has 2 saturated heterocycles. The summed E-state index contributed by atoms with van der Waals surface area (Å²) in [5.74, 6) is 0.484. The maximum Gasteiger partial charge on any atom is 0.264 e. The van der Waals surface area contributed by atoms with Crippen LogP contribution < -0.4 is 0 Å². The number of aromatic nitrogens is 3. The third-order valence-electron chi connectivity index (χ3n) is 5.99. The molecule has 8 heteroatoms. The Morgan fingerprint density at radius 3 is 2.90 bits per heavy atom. The molecule has 0 aliphatic carbocycles. The van der Waals surface area contributed by atoms with Crippen LogP contribution in [0.5, 0.6) is 0 Å². The van der Waals surface area contributed by atoms with Crippen molar-refractivity contribution >= 4 is 27.5 Å². The highest BCUT2D eigenvalue weighted by Gasteiger charge is 2.33. The standard InChI is InChI=1S/C21H25N5O2S/c1-24-16(4-7-23-24)14-25-8-5-15(13-25)18-17-3-2-6-22-20(17)29-19(18)21(27)26-9-11-28-12-10-26/h2-4,6-7,15H,5,8-14H2,1H3/t15-/m1/s1. The molecule has 0 radical (unpaired) electrons. The van der Waals surface area contributed by atoms with Gasteiger partial charge in [-0.3, -0.25) is 14.4 Å². The lowest BCUT2D eigenvalue weighted by Gasteiger charge is -2.27. The van der Waals surface area contributed by atoms with E-state index in [2.05, 4.69) is 27.1 Å². The fourth-order valence-electron chi connectivity index (χ4n) is 4.42. The number of carbonyl (C=O) groups is 1. The molecule has 7 nitrogen and oxygen atoms in total. The van der Waals surface area contributed by atoms with Crippen LogP contribution in [0.4, 0.5) is 0 Å². The molecule has 29 heavy (non-hydrogen) atoms. The summed E-state index contributed by atoms with van der Waals surface area (Å²) in [6, 6.07) is 6.17. The van der Waals surface area contributed by atoms with E-state index in [4.69, 9.17) is 4.74 Å². The van der Waals surface area contributed by atoms with Crippen molar-refractivity contribution in [2.75, 3.05) is 39.4 Å². The molecule has 0 unspecified atom stereocenters. The van der Waals surface area contributed by atoms with Crippen LogP contribution in [0.3, 0.4) is 0 Å². The van der Waals surface area contributed by atoms with Crippen LogP contribution in [0.15, 0.2) is 30.6 Å². The molecule has 5 rings (SSSR count). The normalized spacial score (nSPS) is 20.6. The number of thiophene rings is 1. The molecular weight excluding hydrogens is 386 g/mol. The lowest BCUT2D eigenvalue weighted by atomic mass is 9.95. The third kappa shape index (κ3) is 3.56. The van der Waals surface area contributed by atoms with Crippen molar-refractivity contribution in [2.45, 2.75) is 18.9 Å². The fourth-order valence-corrected chi connectivity index (χ4v) is 5.62. The Bertz CT molecular complexity index is 1020. The Hall–Kier alpha value is -2.29. The van der Waals surface area contributed by atoms with E-state index < -0.39 is 0 Å². The van der Waals surface area contributed by atoms with Crippen molar-refractivity contribution in [3.63, 3.8) is 0 Å². The summed E-state index contributed by atoms with van der Waals surface area (Å²) >= 11 is 1.55. The first kappa shape index (κ1) is 18.7. The molecule has 3 aromatic rings. The molecule has 0 N–H and O–H groups in total. The maximum atomic E-state index is 13.4. The second-order valence-electron chi connectivity index (χ2n) is 7.77. The number of carbonyl (C=O) groups excluding carboxylic acids is 1. The predicted molar refractivity (Wildman–Crippen MR) is 112 cm³/mol. The Morgan fingerprint density at radius 1 is 1.24 bits per heavy atom. The van der Waals surface area contributed by atoms with E-state index in [1.54, 1.807) is 11.3 Å². The summed E-state index contributed by atoms with van der Waals surface area (Å²) in [4.78, 5) is 24.1. The van der Waals surface area contributed by atoms with E-state index in [9.17, 15) is 4.79 Å². The molecule has 0 spiro atoms. The highest BCUT2D eigenvalue weighted by atomic mass is 32.1. The molecule has 1 atom stereocenters. The highest BCUT2D eigenvalue weighted by Crippen LogP contribution is 2.40. The molecule has 2 aliphatic rings. The highest BCUT2D eigenvalue weighted by molar-refractivity contribution is 7.20. The van der Waals surface area contributed by atoms with E-state index in [0.29, 0.717) is 32.2 Å². The molecule has 152 valence electrons. The zero-order valence-corrected chi connectivity index (χ0v) is 17.4. The molecule has 3 aromatic heterocycles. The van der Waals surface area contributed by atoms with E-state index in [1.807, 2.05) is 35.1 Å². The van der Waals surface area contributed by atoms with Crippen LogP contribution in [0.25, 0.3) is 10.2 Å². The molecule has 2 fully saturated rings. The first-order chi connectivity index (χ1) is 14.2. The number of pyridine rings is 1. The number of likely N-dealkylation sites (tertiary alicyclic amines) is 1. The summed E-state index contributed by atoms with van der Waals surface area (Å²) in [6.07, 6.45) is 4.72. The topological polar surface area (TPSA) is 63.5 Å². The van der Waals surface area contributed by atoms with Gasteiger partial charge >= 0.3 is 0 Å². The number of rotatable bonds is 4. The summed E-state index contributed by atoms with van der Waals surface area (Å²) < 4.78 is 7.37. The first-order valence-electron chi connectivity index (χ1n) is 10.1. The van der Waals surface area contributed by atoms with Gasteiger partial charge < -0.3 is 9.64 Å². The minimum absolute atomic E-state index is 0.136. The lowest BCUT2D eigenvalue weighted by Crippen LogP contribution is -2.40. The van der Waals surface area contributed by atoms with E-state index in [0.717, 1.165) is 41.1 Å². The van der Waals surface area contributed by atoms with Gasteiger partial charge in [0.15, 0.2) is 0 Å². The molecule has 2 aliphatic heterocycles. The minimum Gasteiger partial charge on any atom is -0.378 e. The quantitative estimate of drug-likeness (QED) is 0.660. The number of ether oxygens (including phenoxy) is 1. The fraction of sp³-hybridized carbons (Fsp3) is 0.476. The number of morpholine rings is 1. The predicted octanol–water partition coefficient (Wildman–Crippen LogP) is 2.49. The first-order valence-corrected chi connectivity index (χ1v) is 11.0. The number of fused-ring (bicyclic) bond motifs is 1. The van der Waals surface area contributed by atoms with Crippen LogP contribution in [-0.2, 0) is 18.3 Å². The molecule has 0 aromatic carbocycles. The van der Waals surface area contributed by atoms with Crippen molar-refractivity contribution in [3.8, 4) is 0 Å². The Kier molecular flexibility index (Phi) is 5.07. The number of aryl methyl sites for hydroxylation is 1. The van der Waals surface area contributed by atoms with Crippen LogP contribution >= 0.6 is 11.3 Å². The Morgan fingerprint density at radius 2 is 2.10 bits per heavy atom. The lowest BCUT2D eigenvalue weighted by molar-refractivity contribution is 0.0305. The third-order valence-corrected chi connectivity index (χ3v) is 7.10. The number of hydrogen-bond donors (Lipinski definition) is 0. The average Bonchev–Trinajstić information content (AvgIpc) is 3.47. The number of nitrogens with zero attached hydrogens (tertiary/aromatic N) is 5. The Balaban J connectivity index is 1.44. The van der Waals surface area contributed by atoms with Gasteiger partial charge in [0, 0.05) is 56.9 Å². The summed E-state index contributed by atoms with van der Waals surface area (Å²) in [7, 11) is 1.99. The van der Waals surface area contributed by atoms with E-state index in [-0.39, 0.29) is 5.91 Å². The zero-order chi connectivity index (χ0) is 19.8. The molecule has 5 heterocycles. The van der Waals surface area contributed by atoms with Gasteiger partial charge in [-0.25, -0.2) is 4.98 Å². The summed E-state index contributed by atoms with van der Waals surface area (Å²) in [6.45, 7) is 5.43. The van der Waals surface area contributed by atoms with Crippen molar-refractivity contribution in [3.05, 3.63) is 46.7 Å². The van der Waals surface area contributed by atoms with Gasteiger partial charge in [-0.05, 0) is 30.7 Å². The number of hydrogen-bond acceptors (Lipinski definition) is 6. The van der Waals surface area contributed by atoms with Gasteiger partial charge in [-0.2, -0.15) is 5.10 Å². The molecule has 1 amide bonds. The van der Waals surface area contributed by atoms with Gasteiger partial charge in [-0.1, -0.05) is 6.07 Å². The molecule has 0 bridgehead atoms. The van der Waals surface area contributed by atoms with Gasteiger partial charge in [0.1, 0.15) is 4.83 Å². The van der Waals surface area contributed by atoms with Crippen LogP contribution in [0.2, 0.25) is 0 Å². The number of amides is 1. The van der Waals surface area contributed by atoms with E-state index in [1.165, 1.54) is 11.3 Å². The van der Waals surface area contributed by atoms with Gasteiger partial charge in [0.2, 0.25) is 0 Å². The van der Waals surface area contributed by atoms with Crippen LogP contribution in [-0.4, -0.2) is 69.9 Å². The van der Waals surface area contributed by atoms with Crippen molar-refractivity contribution in [1.29, 1.82) is 0 Å². The smallest absolute Gasteiger partial charge is 0.264 e. The summed E-state index contributed by atoms with van der Waals surface area (Å²) in [5, 5.41) is 5.42. The van der Waals surface area contributed by atoms with Gasteiger partial charge in [0.05, 0.1) is 23.8 Å². The Labute approximate surface area is 173 Å². The van der Waals surface area contributed by atoms with Crippen LogP contribution in [0, 0.1) is 0 Å². The SMILES string of the molecule is Cn1nccc1CN1CC[C@@H](c2c(C(=O)N3CCOCC3)sc3ncccc23)C1. The van der Waals surface area contributed by atoms with Crippen molar-refractivity contribution in [1.82, 2.24) is 24.6 Å². The largest absolute Gasteiger partial charge is 0.378 e. The van der Waals surface area contributed by atoms with Crippen LogP contribution in [0.1, 0.15) is 33.3 Å². The second-order valence-corrected chi connectivity index (χ2v) is 8.77. The minimum atomic E-state index is 0.136. The van der Waals surface area contributed by atoms with Crippen molar-refractivity contribution < 1.29 is 9.53 Å². The monoisotopic (exact) mass is 411 g/mol. The molecule has 0 saturated carbocycles. The molecular formula is C21H25N5O2S. The van der Waals surface area contributed by atoms with Crippen molar-refractivity contribution in [2.24, 2.45) is 7.05 Å². The van der Waals surface area contributed by atoms with Gasteiger partial charge in [0.25, 0.3) is 5.91 Å². The average molecular weight is 412 g/mol. The maximum absolute atomic E-state index is 13.4. The summed E-state index contributed by atoms with van der Waals surface area (Å²) in [5.41, 5.74) is 2.41. The van der Waals surface area contributed by atoms with Gasteiger partial charge in [-0.15, -0.1) is 11.3 Å². The second kappa shape index (κ2) is 7.85. The zero-order valence-electron chi connectivity index (χ0n) is 16.6.